The number of rotatable bonds is 5. The Labute approximate surface area is 98.8 Å². The van der Waals surface area contributed by atoms with Crippen LogP contribution in [-0.2, 0) is 10.1 Å². The van der Waals surface area contributed by atoms with Crippen LogP contribution in [0.25, 0.3) is 0 Å². The van der Waals surface area contributed by atoms with E-state index in [2.05, 4.69) is 15.9 Å². The van der Waals surface area contributed by atoms with Crippen LogP contribution in [0.1, 0.15) is 19.4 Å². The summed E-state index contributed by atoms with van der Waals surface area (Å²) in [6, 6.07) is 7.74. The van der Waals surface area contributed by atoms with Gasteiger partial charge in [0.1, 0.15) is 5.75 Å². The highest BCUT2D eigenvalue weighted by Crippen LogP contribution is 2.18. The Morgan fingerprint density at radius 1 is 1.47 bits per heavy atom. The fourth-order valence-corrected chi connectivity index (χ4v) is 1.53. The monoisotopic (exact) mass is 270 g/mol. The van der Waals surface area contributed by atoms with E-state index < -0.39 is 0 Å². The summed E-state index contributed by atoms with van der Waals surface area (Å²) >= 11 is 3.38. The van der Waals surface area contributed by atoms with E-state index in [-0.39, 0.29) is 12.0 Å². The van der Waals surface area contributed by atoms with Crippen molar-refractivity contribution in [3.05, 3.63) is 29.8 Å². The van der Waals surface area contributed by atoms with Crippen molar-refractivity contribution in [2.24, 2.45) is 5.92 Å². The lowest BCUT2D eigenvalue weighted by atomic mass is 10.1. The number of carbonyl (C=O) groups is 1. The Morgan fingerprint density at radius 2 is 2.20 bits per heavy atom. The Hall–Kier alpha value is -0.830. The SMILES string of the molecule is CC(C)[C@@H](C=O)Oc1cccc(CBr)c1. The molecule has 0 heterocycles. The summed E-state index contributed by atoms with van der Waals surface area (Å²) in [6.07, 6.45) is 0.487. The van der Waals surface area contributed by atoms with Crippen LogP contribution in [0.2, 0.25) is 0 Å². The predicted octanol–water partition coefficient (Wildman–Crippen LogP) is 3.18. The Bertz CT molecular complexity index is 323. The highest BCUT2D eigenvalue weighted by molar-refractivity contribution is 9.08. The zero-order chi connectivity index (χ0) is 11.3. The zero-order valence-corrected chi connectivity index (χ0v) is 10.5. The number of alkyl halides is 1. The van der Waals surface area contributed by atoms with Gasteiger partial charge in [-0.2, -0.15) is 0 Å². The minimum Gasteiger partial charge on any atom is -0.483 e. The second kappa shape index (κ2) is 5.91. The van der Waals surface area contributed by atoms with Gasteiger partial charge in [-0.15, -0.1) is 0 Å². The first kappa shape index (κ1) is 12.2. The number of ether oxygens (including phenoxy) is 1. The molecule has 0 bridgehead atoms. The van der Waals surface area contributed by atoms with E-state index in [0.717, 1.165) is 22.9 Å². The van der Waals surface area contributed by atoms with Crippen LogP contribution < -0.4 is 4.74 Å². The van der Waals surface area contributed by atoms with Crippen LogP contribution in [0.15, 0.2) is 24.3 Å². The van der Waals surface area contributed by atoms with Crippen LogP contribution in [0.5, 0.6) is 5.75 Å². The normalized spacial score (nSPS) is 12.5. The number of aldehydes is 1. The van der Waals surface area contributed by atoms with Gasteiger partial charge in [-0.3, -0.25) is 4.79 Å². The third-order valence-corrected chi connectivity index (χ3v) is 2.76. The molecule has 0 amide bonds. The van der Waals surface area contributed by atoms with Gasteiger partial charge in [-0.1, -0.05) is 41.9 Å². The Balaban J connectivity index is 2.74. The molecule has 0 aromatic heterocycles. The number of halogens is 1. The van der Waals surface area contributed by atoms with Crippen molar-refractivity contribution in [3.8, 4) is 5.75 Å². The minimum atomic E-state index is -0.365. The van der Waals surface area contributed by atoms with E-state index in [4.69, 9.17) is 4.74 Å². The lowest BCUT2D eigenvalue weighted by molar-refractivity contribution is -0.115. The quantitative estimate of drug-likeness (QED) is 0.607. The van der Waals surface area contributed by atoms with Crippen LogP contribution in [0.4, 0.5) is 0 Å². The van der Waals surface area contributed by atoms with Gasteiger partial charge in [0.2, 0.25) is 0 Å². The summed E-state index contributed by atoms with van der Waals surface area (Å²) in [5.41, 5.74) is 1.14. The average molecular weight is 271 g/mol. The minimum absolute atomic E-state index is 0.190. The van der Waals surface area contributed by atoms with Crippen molar-refractivity contribution in [3.63, 3.8) is 0 Å². The second-order valence-corrected chi connectivity index (χ2v) is 4.30. The maximum atomic E-state index is 10.8. The summed E-state index contributed by atoms with van der Waals surface area (Å²) in [5.74, 6) is 0.938. The van der Waals surface area contributed by atoms with E-state index in [9.17, 15) is 4.79 Å². The van der Waals surface area contributed by atoms with Gasteiger partial charge < -0.3 is 4.74 Å². The van der Waals surface area contributed by atoms with Crippen LogP contribution >= 0.6 is 15.9 Å². The van der Waals surface area contributed by atoms with Gasteiger partial charge in [0.25, 0.3) is 0 Å². The Kier molecular flexibility index (Phi) is 4.82. The van der Waals surface area contributed by atoms with E-state index >= 15 is 0 Å². The van der Waals surface area contributed by atoms with Crippen molar-refractivity contribution in [1.29, 1.82) is 0 Å². The molecule has 1 atom stereocenters. The van der Waals surface area contributed by atoms with Crippen molar-refractivity contribution < 1.29 is 9.53 Å². The van der Waals surface area contributed by atoms with Crippen molar-refractivity contribution >= 4 is 22.2 Å². The van der Waals surface area contributed by atoms with Crippen molar-refractivity contribution in [2.45, 2.75) is 25.3 Å². The lowest BCUT2D eigenvalue weighted by Gasteiger charge is -2.17. The van der Waals surface area contributed by atoms with E-state index in [0.29, 0.717) is 0 Å². The molecule has 0 radical (unpaired) electrons. The fourth-order valence-electron chi connectivity index (χ4n) is 1.18. The molecule has 0 spiro atoms. The van der Waals surface area contributed by atoms with Crippen LogP contribution in [0, 0.1) is 5.92 Å². The summed E-state index contributed by atoms with van der Waals surface area (Å²) in [4.78, 5) is 10.8. The van der Waals surface area contributed by atoms with E-state index in [1.165, 1.54) is 0 Å². The molecule has 0 unspecified atom stereocenters. The van der Waals surface area contributed by atoms with Gasteiger partial charge >= 0.3 is 0 Å². The number of hydrogen-bond donors (Lipinski definition) is 0. The number of hydrogen-bond acceptors (Lipinski definition) is 2. The summed E-state index contributed by atoms with van der Waals surface area (Å²) in [7, 11) is 0. The molecule has 1 aromatic carbocycles. The summed E-state index contributed by atoms with van der Waals surface area (Å²) < 4.78 is 5.58. The zero-order valence-electron chi connectivity index (χ0n) is 8.94. The van der Waals surface area contributed by atoms with E-state index in [1.807, 2.05) is 38.1 Å². The standard InChI is InChI=1S/C12H15BrO2/c1-9(2)12(8-14)15-11-5-3-4-10(6-11)7-13/h3-6,8-9,12H,7H2,1-2H3/t12-/m1/s1. The van der Waals surface area contributed by atoms with Gasteiger partial charge in [0, 0.05) is 5.33 Å². The number of benzene rings is 1. The second-order valence-electron chi connectivity index (χ2n) is 3.74. The third-order valence-electron chi connectivity index (χ3n) is 2.12. The number of carbonyl (C=O) groups excluding carboxylic acids is 1. The molecular weight excluding hydrogens is 256 g/mol. The van der Waals surface area contributed by atoms with Gasteiger partial charge in [-0.05, 0) is 23.6 Å². The van der Waals surface area contributed by atoms with Crippen LogP contribution in [0.3, 0.4) is 0 Å². The van der Waals surface area contributed by atoms with E-state index in [1.54, 1.807) is 0 Å². The predicted molar refractivity (Wildman–Crippen MR) is 64.4 cm³/mol. The topological polar surface area (TPSA) is 26.3 Å². The molecule has 0 fully saturated rings. The third kappa shape index (κ3) is 3.67. The molecule has 1 aromatic rings. The van der Waals surface area contributed by atoms with Crippen LogP contribution in [-0.4, -0.2) is 12.4 Å². The summed E-state index contributed by atoms with van der Waals surface area (Å²) in [6.45, 7) is 3.93. The fraction of sp³-hybridized carbons (Fsp3) is 0.417. The average Bonchev–Trinajstić information content (AvgIpc) is 2.25. The molecule has 0 aliphatic heterocycles. The molecule has 2 nitrogen and oxygen atoms in total. The maximum absolute atomic E-state index is 10.8. The van der Waals surface area contributed by atoms with Gasteiger partial charge in [0.05, 0.1) is 0 Å². The first-order valence-corrected chi connectivity index (χ1v) is 6.06. The maximum Gasteiger partial charge on any atom is 0.160 e. The van der Waals surface area contributed by atoms with Crippen molar-refractivity contribution in [2.75, 3.05) is 0 Å². The largest absolute Gasteiger partial charge is 0.483 e. The molecule has 0 saturated heterocycles. The molecule has 0 saturated carbocycles. The van der Waals surface area contributed by atoms with Crippen molar-refractivity contribution in [1.82, 2.24) is 0 Å². The summed E-state index contributed by atoms with van der Waals surface area (Å²) in [5, 5.41) is 0.789. The Morgan fingerprint density at radius 3 is 2.73 bits per heavy atom. The van der Waals surface area contributed by atoms with Gasteiger partial charge in [-0.25, -0.2) is 0 Å². The lowest BCUT2D eigenvalue weighted by Crippen LogP contribution is -2.24. The molecule has 82 valence electrons. The smallest absolute Gasteiger partial charge is 0.160 e. The molecular formula is C12H15BrO2. The molecule has 1 rings (SSSR count). The molecule has 15 heavy (non-hydrogen) atoms. The first-order valence-electron chi connectivity index (χ1n) is 4.94. The molecule has 3 heteroatoms. The molecule has 0 aliphatic carbocycles. The highest BCUT2D eigenvalue weighted by atomic mass is 79.9. The molecule has 0 N–H and O–H groups in total. The highest BCUT2D eigenvalue weighted by Gasteiger charge is 2.13. The first-order chi connectivity index (χ1) is 7.17. The molecule has 0 aliphatic rings. The van der Waals surface area contributed by atoms with Gasteiger partial charge in [0.15, 0.2) is 12.4 Å².